The molecule has 1 aliphatic carbocycles. The van der Waals surface area contributed by atoms with Gasteiger partial charge < -0.3 is 15.5 Å². The zero-order valence-electron chi connectivity index (χ0n) is 24.9. The lowest BCUT2D eigenvalue weighted by atomic mass is 9.86. The van der Waals surface area contributed by atoms with Crippen molar-refractivity contribution < 1.29 is 4.79 Å². The van der Waals surface area contributed by atoms with Crippen LogP contribution in [0.15, 0.2) is 48.5 Å². The number of carbonyl (C=O) groups is 1. The minimum Gasteiger partial charge on any atom is -0.362 e. The lowest BCUT2D eigenvalue weighted by Crippen LogP contribution is -2.35. The number of anilines is 2. The van der Waals surface area contributed by atoms with E-state index in [1.807, 2.05) is 49.3 Å². The number of hydrogen-bond acceptors (Lipinski definition) is 6. The Balaban J connectivity index is 1.20. The lowest BCUT2D eigenvalue weighted by Gasteiger charge is -2.29. The molecule has 2 heterocycles. The number of nitrogens with zero attached hydrogens (tertiary/aromatic N) is 5. The highest BCUT2D eigenvalue weighted by molar-refractivity contribution is 6.35. The molecule has 42 heavy (non-hydrogen) atoms. The molecule has 0 saturated heterocycles. The Kier molecular flexibility index (Phi) is 8.94. The van der Waals surface area contributed by atoms with E-state index < -0.39 is 0 Å². The van der Waals surface area contributed by atoms with Gasteiger partial charge in [0.25, 0.3) is 5.91 Å². The van der Waals surface area contributed by atoms with Crippen LogP contribution in [0.1, 0.15) is 68.2 Å². The fourth-order valence-electron chi connectivity index (χ4n) is 5.38. The first-order valence-corrected chi connectivity index (χ1v) is 15.2. The van der Waals surface area contributed by atoms with E-state index in [-0.39, 0.29) is 11.3 Å². The van der Waals surface area contributed by atoms with Gasteiger partial charge in [-0.25, -0.2) is 4.98 Å². The molecule has 0 unspecified atom stereocenters. The van der Waals surface area contributed by atoms with Crippen LogP contribution in [0, 0.1) is 5.92 Å². The molecule has 0 radical (unpaired) electrons. The molecule has 8 nitrogen and oxygen atoms in total. The maximum atomic E-state index is 13.4. The van der Waals surface area contributed by atoms with Crippen LogP contribution >= 0.6 is 23.2 Å². The highest BCUT2D eigenvalue weighted by atomic mass is 35.5. The summed E-state index contributed by atoms with van der Waals surface area (Å²) in [6, 6.07) is 15.7. The van der Waals surface area contributed by atoms with E-state index in [9.17, 15) is 4.79 Å². The summed E-state index contributed by atoms with van der Waals surface area (Å²) in [6.07, 6.45) is 4.02. The van der Waals surface area contributed by atoms with Crippen LogP contribution in [0.5, 0.6) is 0 Å². The van der Waals surface area contributed by atoms with Gasteiger partial charge in [0.2, 0.25) is 5.95 Å². The van der Waals surface area contributed by atoms with Gasteiger partial charge in [0, 0.05) is 47.5 Å². The summed E-state index contributed by atoms with van der Waals surface area (Å²) >= 11 is 12.5. The summed E-state index contributed by atoms with van der Waals surface area (Å²) in [7, 11) is 4.00. The predicted octanol–water partition coefficient (Wildman–Crippen LogP) is 6.95. The predicted molar refractivity (Wildman–Crippen MR) is 172 cm³/mol. The summed E-state index contributed by atoms with van der Waals surface area (Å²) in [5, 5.41) is 13.7. The summed E-state index contributed by atoms with van der Waals surface area (Å²) < 4.78 is 1.75. The summed E-state index contributed by atoms with van der Waals surface area (Å²) in [4.78, 5) is 25.0. The first kappa shape index (κ1) is 30.1. The Morgan fingerprint density at radius 3 is 2.45 bits per heavy atom. The number of aromatic nitrogens is 4. The monoisotopic (exact) mass is 607 g/mol. The Hall–Kier alpha value is -3.36. The van der Waals surface area contributed by atoms with Gasteiger partial charge in [-0.15, -0.1) is 0 Å². The van der Waals surface area contributed by atoms with Crippen molar-refractivity contribution in [3.63, 3.8) is 0 Å². The Labute approximate surface area is 257 Å². The van der Waals surface area contributed by atoms with E-state index in [2.05, 4.69) is 37.5 Å². The molecule has 0 aliphatic heterocycles. The van der Waals surface area contributed by atoms with Crippen LogP contribution in [0.2, 0.25) is 10.0 Å². The molecular formula is C32H39Cl2N7O. The first-order chi connectivity index (χ1) is 20.0. The van der Waals surface area contributed by atoms with Gasteiger partial charge in [0.1, 0.15) is 11.5 Å². The van der Waals surface area contributed by atoms with E-state index in [0.717, 1.165) is 53.7 Å². The highest BCUT2D eigenvalue weighted by Crippen LogP contribution is 2.29. The van der Waals surface area contributed by atoms with Gasteiger partial charge in [-0.05, 0) is 67.5 Å². The zero-order chi connectivity index (χ0) is 30.0. The highest BCUT2D eigenvalue weighted by Gasteiger charge is 2.26. The number of hydrogen-bond donors (Lipinski definition) is 2. The number of amides is 1. The minimum absolute atomic E-state index is 0.121. The molecule has 0 atom stereocenters. The zero-order valence-corrected chi connectivity index (χ0v) is 26.4. The van der Waals surface area contributed by atoms with Crippen molar-refractivity contribution in [3.05, 3.63) is 75.5 Å². The first-order valence-electron chi connectivity index (χ1n) is 14.5. The Morgan fingerprint density at radius 2 is 1.76 bits per heavy atom. The normalized spacial score (nSPS) is 17.3. The molecule has 5 rings (SSSR count). The van der Waals surface area contributed by atoms with Gasteiger partial charge in [-0.2, -0.15) is 10.1 Å². The topological polar surface area (TPSA) is 88.0 Å². The van der Waals surface area contributed by atoms with E-state index in [0.29, 0.717) is 46.7 Å². The van der Waals surface area contributed by atoms with Crippen molar-refractivity contribution >= 4 is 51.8 Å². The second-order valence-electron chi connectivity index (χ2n) is 12.4. The van der Waals surface area contributed by atoms with E-state index >= 15 is 0 Å². The van der Waals surface area contributed by atoms with Crippen molar-refractivity contribution in [2.24, 2.45) is 5.92 Å². The number of benzene rings is 2. The number of nitrogens with one attached hydrogen (secondary N) is 2. The summed E-state index contributed by atoms with van der Waals surface area (Å²) in [5.41, 5.74) is 2.99. The molecule has 4 aromatic rings. The molecule has 0 spiro atoms. The molecule has 1 amide bonds. The van der Waals surface area contributed by atoms with Gasteiger partial charge in [0.05, 0.1) is 17.8 Å². The molecule has 1 aliphatic rings. The Bertz CT molecular complexity index is 1570. The SMILES string of the molecule is CN(C)c1nc(N[C@H]2CC[C@@H](CNC(=O)c3cc(C(C)(C)C)nn3Cc3ccc(Cl)cc3Cl)CC2)nc2ccccc12. The molecule has 1 saturated carbocycles. The van der Waals surface area contributed by atoms with Crippen LogP contribution in [0.25, 0.3) is 10.9 Å². The number of halogens is 2. The largest absolute Gasteiger partial charge is 0.362 e. The molecule has 2 N–H and O–H groups in total. The number of para-hydroxylation sites is 1. The smallest absolute Gasteiger partial charge is 0.269 e. The van der Waals surface area contributed by atoms with Crippen molar-refractivity contribution in [1.29, 1.82) is 0 Å². The van der Waals surface area contributed by atoms with Gasteiger partial charge in [-0.1, -0.05) is 62.2 Å². The second kappa shape index (κ2) is 12.5. The third-order valence-corrected chi connectivity index (χ3v) is 8.44. The van der Waals surface area contributed by atoms with Crippen molar-refractivity contribution in [2.45, 2.75) is 64.5 Å². The van der Waals surface area contributed by atoms with Crippen LogP contribution < -0.4 is 15.5 Å². The van der Waals surface area contributed by atoms with E-state index in [1.165, 1.54) is 0 Å². The van der Waals surface area contributed by atoms with Gasteiger partial charge >= 0.3 is 0 Å². The van der Waals surface area contributed by atoms with Crippen LogP contribution in [0.3, 0.4) is 0 Å². The van der Waals surface area contributed by atoms with Crippen LogP contribution in [0.4, 0.5) is 11.8 Å². The molecule has 1 fully saturated rings. The maximum absolute atomic E-state index is 13.4. The molecule has 2 aromatic heterocycles. The van der Waals surface area contributed by atoms with E-state index in [4.69, 9.17) is 38.3 Å². The number of carbonyl (C=O) groups excluding carboxylic acids is 1. The minimum atomic E-state index is -0.197. The van der Waals surface area contributed by atoms with Crippen molar-refractivity contribution in [2.75, 3.05) is 30.9 Å². The molecular weight excluding hydrogens is 569 g/mol. The van der Waals surface area contributed by atoms with Crippen molar-refractivity contribution in [1.82, 2.24) is 25.1 Å². The second-order valence-corrected chi connectivity index (χ2v) is 13.3. The quantitative estimate of drug-likeness (QED) is 0.225. The maximum Gasteiger partial charge on any atom is 0.269 e. The van der Waals surface area contributed by atoms with Crippen LogP contribution in [-0.4, -0.2) is 52.3 Å². The average molecular weight is 609 g/mol. The summed E-state index contributed by atoms with van der Waals surface area (Å²) in [6.45, 7) is 7.28. The van der Waals surface area contributed by atoms with E-state index in [1.54, 1.807) is 16.8 Å². The fourth-order valence-corrected chi connectivity index (χ4v) is 5.85. The van der Waals surface area contributed by atoms with Gasteiger partial charge in [0.15, 0.2) is 0 Å². The third-order valence-electron chi connectivity index (χ3n) is 7.85. The third kappa shape index (κ3) is 6.98. The Morgan fingerprint density at radius 1 is 1.02 bits per heavy atom. The molecule has 222 valence electrons. The number of fused-ring (bicyclic) bond motifs is 1. The lowest BCUT2D eigenvalue weighted by molar-refractivity contribution is 0.0933. The molecule has 10 heteroatoms. The van der Waals surface area contributed by atoms with Crippen LogP contribution in [-0.2, 0) is 12.0 Å². The summed E-state index contributed by atoms with van der Waals surface area (Å²) in [5.74, 6) is 1.86. The number of rotatable bonds is 8. The molecule has 2 aromatic carbocycles. The molecule has 0 bridgehead atoms. The average Bonchev–Trinajstić information content (AvgIpc) is 3.38. The van der Waals surface area contributed by atoms with Gasteiger partial charge in [-0.3, -0.25) is 9.48 Å². The fraction of sp³-hybridized carbons (Fsp3) is 0.438. The van der Waals surface area contributed by atoms with Crippen molar-refractivity contribution in [3.8, 4) is 0 Å². The standard InChI is InChI=1S/C32H39Cl2N7O/c1-32(2,3)28-17-27(41(39-28)19-21-12-13-22(33)16-25(21)34)30(42)35-18-20-10-14-23(15-11-20)36-31-37-26-9-7-6-8-24(26)29(38-31)40(4)5/h6-9,12-13,16-17,20,23H,10-11,14-15,18-19H2,1-5H3,(H,35,42)(H,36,37,38)/t20-,23+.